The van der Waals surface area contributed by atoms with Crippen molar-refractivity contribution in [3.05, 3.63) is 41.5 Å². The summed E-state index contributed by atoms with van der Waals surface area (Å²) in [7, 11) is 1.97. The molecular weight excluding hydrogens is 404 g/mol. The Hall–Kier alpha value is -2.61. The lowest BCUT2D eigenvalue weighted by atomic mass is 9.98. The molecule has 32 heavy (non-hydrogen) atoms. The van der Waals surface area contributed by atoms with Crippen molar-refractivity contribution in [2.24, 2.45) is 12.0 Å². The van der Waals surface area contributed by atoms with Gasteiger partial charge in [0.15, 0.2) is 11.8 Å². The van der Waals surface area contributed by atoms with Gasteiger partial charge in [0, 0.05) is 32.2 Å². The van der Waals surface area contributed by atoms with Crippen LogP contribution in [0.5, 0.6) is 5.75 Å². The van der Waals surface area contributed by atoms with E-state index < -0.39 is 0 Å². The minimum atomic E-state index is 0.158. The van der Waals surface area contributed by atoms with E-state index in [-0.39, 0.29) is 6.04 Å². The van der Waals surface area contributed by atoms with Gasteiger partial charge >= 0.3 is 0 Å². The zero-order chi connectivity index (χ0) is 22.2. The van der Waals surface area contributed by atoms with Crippen molar-refractivity contribution in [1.29, 1.82) is 0 Å². The summed E-state index contributed by atoms with van der Waals surface area (Å²) in [5, 5.41) is 15.5. The zero-order valence-corrected chi connectivity index (χ0v) is 19.3. The number of para-hydroxylation sites is 1. The number of hydrogen-bond acceptors (Lipinski definition) is 5. The highest BCUT2D eigenvalue weighted by molar-refractivity contribution is 5.80. The summed E-state index contributed by atoms with van der Waals surface area (Å²) in [4.78, 5) is 4.81. The normalized spacial score (nSPS) is 19.3. The summed E-state index contributed by atoms with van der Waals surface area (Å²) in [5.41, 5.74) is 1.17. The van der Waals surface area contributed by atoms with Gasteiger partial charge in [-0.05, 0) is 32.3 Å². The minimum Gasteiger partial charge on any atom is -0.493 e. The molecule has 1 aromatic heterocycles. The Morgan fingerprint density at radius 2 is 2.03 bits per heavy atom. The molecule has 2 aromatic rings. The van der Waals surface area contributed by atoms with Crippen LogP contribution in [-0.2, 0) is 18.3 Å². The largest absolute Gasteiger partial charge is 0.493 e. The van der Waals surface area contributed by atoms with Crippen molar-refractivity contribution in [3.63, 3.8) is 0 Å². The standard InChI is InChI=1S/C24H36N6O2/c1-18-28-29-23(30(18)2)17-26-24(25-14-8-15-31-19-9-4-3-5-10-19)27-21-13-16-32-22-12-7-6-11-20(21)22/h6-7,11-12,19,21H,3-5,8-10,13-17H2,1-2H3,(H2,25,26,27). The number of guanidine groups is 1. The molecule has 1 aliphatic heterocycles. The van der Waals surface area contributed by atoms with Crippen LogP contribution in [0, 0.1) is 6.92 Å². The lowest BCUT2D eigenvalue weighted by molar-refractivity contribution is 0.0277. The summed E-state index contributed by atoms with van der Waals surface area (Å²) >= 11 is 0. The number of fused-ring (bicyclic) bond motifs is 1. The second-order valence-electron chi connectivity index (χ2n) is 8.67. The van der Waals surface area contributed by atoms with Gasteiger partial charge in [-0.3, -0.25) is 0 Å². The average Bonchev–Trinajstić information content (AvgIpc) is 3.15. The van der Waals surface area contributed by atoms with E-state index in [1.165, 1.54) is 37.7 Å². The Balaban J connectivity index is 1.35. The number of ether oxygens (including phenoxy) is 2. The van der Waals surface area contributed by atoms with Crippen molar-refractivity contribution in [1.82, 2.24) is 25.4 Å². The SMILES string of the molecule is Cc1nnc(CN=C(NCCCOC2CCCCC2)NC2CCOc3ccccc32)n1C. The van der Waals surface area contributed by atoms with Gasteiger partial charge < -0.3 is 24.7 Å². The third-order valence-corrected chi connectivity index (χ3v) is 6.35. The summed E-state index contributed by atoms with van der Waals surface area (Å²) in [6, 6.07) is 8.37. The maximum Gasteiger partial charge on any atom is 0.192 e. The molecule has 2 heterocycles. The molecule has 1 aromatic carbocycles. The van der Waals surface area contributed by atoms with E-state index in [4.69, 9.17) is 14.5 Å². The minimum absolute atomic E-state index is 0.158. The summed E-state index contributed by atoms with van der Waals surface area (Å²) < 4.78 is 13.9. The number of benzene rings is 1. The summed E-state index contributed by atoms with van der Waals surface area (Å²) in [5.74, 6) is 3.46. The Morgan fingerprint density at radius 3 is 2.84 bits per heavy atom. The average molecular weight is 441 g/mol. The number of hydrogen-bond donors (Lipinski definition) is 2. The van der Waals surface area contributed by atoms with E-state index in [1.807, 2.05) is 30.7 Å². The Bertz CT molecular complexity index is 890. The van der Waals surface area contributed by atoms with Gasteiger partial charge in [-0.1, -0.05) is 37.5 Å². The third kappa shape index (κ3) is 6.00. The Labute approximate surface area is 190 Å². The van der Waals surface area contributed by atoms with Crippen LogP contribution in [0.3, 0.4) is 0 Å². The highest BCUT2D eigenvalue weighted by atomic mass is 16.5. The first-order chi connectivity index (χ1) is 15.7. The molecule has 0 bridgehead atoms. The van der Waals surface area contributed by atoms with Crippen LogP contribution < -0.4 is 15.4 Å². The van der Waals surface area contributed by atoms with Crippen molar-refractivity contribution >= 4 is 5.96 Å². The number of aryl methyl sites for hydroxylation is 1. The molecule has 1 fully saturated rings. The number of aromatic nitrogens is 3. The van der Waals surface area contributed by atoms with E-state index in [9.17, 15) is 0 Å². The van der Waals surface area contributed by atoms with Crippen molar-refractivity contribution < 1.29 is 9.47 Å². The molecule has 1 unspecified atom stereocenters. The van der Waals surface area contributed by atoms with Gasteiger partial charge in [-0.2, -0.15) is 0 Å². The second kappa shape index (κ2) is 11.3. The van der Waals surface area contributed by atoms with Gasteiger partial charge in [0.1, 0.15) is 18.1 Å². The fourth-order valence-electron chi connectivity index (χ4n) is 4.31. The van der Waals surface area contributed by atoms with Gasteiger partial charge in [0.25, 0.3) is 0 Å². The van der Waals surface area contributed by atoms with E-state index >= 15 is 0 Å². The van der Waals surface area contributed by atoms with Gasteiger partial charge in [0.05, 0.1) is 18.8 Å². The predicted octanol–water partition coefficient (Wildman–Crippen LogP) is 3.42. The first kappa shape index (κ1) is 22.6. The molecule has 0 saturated heterocycles. The van der Waals surface area contributed by atoms with Gasteiger partial charge in [-0.25, -0.2) is 4.99 Å². The molecule has 2 N–H and O–H groups in total. The lowest BCUT2D eigenvalue weighted by Gasteiger charge is -2.28. The van der Waals surface area contributed by atoms with Crippen LogP contribution in [0.25, 0.3) is 0 Å². The number of nitrogens with zero attached hydrogens (tertiary/aromatic N) is 4. The van der Waals surface area contributed by atoms with Crippen LogP contribution in [-0.4, -0.2) is 46.6 Å². The fourth-order valence-corrected chi connectivity index (χ4v) is 4.31. The number of nitrogens with one attached hydrogen (secondary N) is 2. The predicted molar refractivity (Wildman–Crippen MR) is 125 cm³/mol. The van der Waals surface area contributed by atoms with Crippen LogP contribution in [0.1, 0.15) is 68.2 Å². The molecule has 4 rings (SSSR count). The van der Waals surface area contributed by atoms with Crippen molar-refractivity contribution in [2.75, 3.05) is 19.8 Å². The third-order valence-electron chi connectivity index (χ3n) is 6.35. The molecule has 174 valence electrons. The van der Waals surface area contributed by atoms with Crippen LogP contribution in [0.15, 0.2) is 29.3 Å². The molecule has 0 spiro atoms. The highest BCUT2D eigenvalue weighted by Crippen LogP contribution is 2.31. The molecule has 0 amide bonds. The topological polar surface area (TPSA) is 85.6 Å². The molecule has 8 heteroatoms. The van der Waals surface area contributed by atoms with Crippen LogP contribution in [0.2, 0.25) is 0 Å². The van der Waals surface area contributed by atoms with Gasteiger partial charge in [-0.15, -0.1) is 10.2 Å². The monoisotopic (exact) mass is 440 g/mol. The summed E-state index contributed by atoms with van der Waals surface area (Å²) in [6.07, 6.45) is 8.68. The zero-order valence-electron chi connectivity index (χ0n) is 19.3. The van der Waals surface area contributed by atoms with E-state index in [0.717, 1.165) is 49.4 Å². The van der Waals surface area contributed by atoms with E-state index in [0.29, 0.717) is 19.3 Å². The number of rotatable bonds is 8. The Morgan fingerprint density at radius 1 is 1.19 bits per heavy atom. The smallest absolute Gasteiger partial charge is 0.192 e. The van der Waals surface area contributed by atoms with Crippen molar-refractivity contribution in [2.45, 2.75) is 70.6 Å². The fraction of sp³-hybridized carbons (Fsp3) is 0.625. The van der Waals surface area contributed by atoms with Crippen LogP contribution >= 0.6 is 0 Å². The van der Waals surface area contributed by atoms with Crippen molar-refractivity contribution in [3.8, 4) is 5.75 Å². The van der Waals surface area contributed by atoms with E-state index in [1.54, 1.807) is 0 Å². The molecule has 0 radical (unpaired) electrons. The maximum absolute atomic E-state index is 6.07. The molecule has 1 saturated carbocycles. The highest BCUT2D eigenvalue weighted by Gasteiger charge is 2.22. The molecule has 2 aliphatic rings. The molecular formula is C24H36N6O2. The van der Waals surface area contributed by atoms with Crippen LogP contribution in [0.4, 0.5) is 0 Å². The summed E-state index contributed by atoms with van der Waals surface area (Å²) in [6.45, 7) is 4.70. The Kier molecular flexibility index (Phi) is 7.98. The van der Waals surface area contributed by atoms with E-state index in [2.05, 4.69) is 33.0 Å². The second-order valence-corrected chi connectivity index (χ2v) is 8.67. The molecule has 1 aliphatic carbocycles. The molecule has 8 nitrogen and oxygen atoms in total. The molecule has 1 atom stereocenters. The van der Waals surface area contributed by atoms with Gasteiger partial charge in [0.2, 0.25) is 0 Å². The quantitative estimate of drug-likeness (QED) is 0.372. The lowest BCUT2D eigenvalue weighted by Crippen LogP contribution is -2.41. The first-order valence-electron chi connectivity index (χ1n) is 11.9. The number of aliphatic imine (C=N–C) groups is 1. The first-order valence-corrected chi connectivity index (χ1v) is 11.9. The maximum atomic E-state index is 6.07.